The van der Waals surface area contributed by atoms with Crippen LogP contribution in [-0.2, 0) is 18.9 Å². The van der Waals surface area contributed by atoms with Crippen molar-refractivity contribution in [3.8, 4) is 5.75 Å². The summed E-state index contributed by atoms with van der Waals surface area (Å²) >= 11 is 0. The second kappa shape index (κ2) is 6.87. The minimum absolute atomic E-state index is 0.134. The fourth-order valence-corrected chi connectivity index (χ4v) is 2.73. The molecule has 0 saturated heterocycles. The van der Waals surface area contributed by atoms with Gasteiger partial charge < -0.3 is 10.1 Å². The molecule has 134 valence electrons. The average molecular weight is 355 g/mol. The van der Waals surface area contributed by atoms with E-state index >= 15 is 0 Å². The molecule has 1 heterocycles. The van der Waals surface area contributed by atoms with Crippen LogP contribution in [0.5, 0.6) is 5.75 Å². The number of carbonyl (C=O) groups excluding carboxylic acids is 1. The summed E-state index contributed by atoms with van der Waals surface area (Å²) in [6, 6.07) is 9.66. The molecule has 1 N–H and O–H groups in total. The Balaban J connectivity index is 1.77. The largest absolute Gasteiger partial charge is 0.494 e. The lowest BCUT2D eigenvalue weighted by atomic mass is 10.2. The number of hydrogen-bond donors (Lipinski definition) is 1. The number of methoxy groups -OCH3 is 1. The van der Waals surface area contributed by atoms with Crippen LogP contribution in [-0.4, -0.2) is 22.2 Å². The van der Waals surface area contributed by atoms with Gasteiger partial charge in [-0.25, -0.2) is 9.18 Å². The number of aromatic nitrogens is 2. The number of nitrogens with zero attached hydrogens (tertiary/aromatic N) is 2. The summed E-state index contributed by atoms with van der Waals surface area (Å²) in [6.45, 7) is 0. The van der Waals surface area contributed by atoms with Gasteiger partial charge in [0.2, 0.25) is 5.91 Å². The predicted octanol–water partition coefficient (Wildman–Crippen LogP) is 2.68. The molecule has 0 fully saturated rings. The number of halogens is 1. The number of anilines is 1. The molecule has 3 aromatic rings. The Morgan fingerprint density at radius 3 is 2.54 bits per heavy atom. The number of aryl methyl sites for hydroxylation is 2. The smallest absolute Gasteiger partial charge is 0.328 e. The van der Waals surface area contributed by atoms with Crippen molar-refractivity contribution in [1.29, 1.82) is 0 Å². The number of nitrogens with one attached hydrogen (secondary N) is 1. The van der Waals surface area contributed by atoms with E-state index in [0.29, 0.717) is 11.3 Å². The summed E-state index contributed by atoms with van der Waals surface area (Å²) in [6.07, 6.45) is 2.82. The van der Waals surface area contributed by atoms with Gasteiger partial charge in [0.1, 0.15) is 0 Å². The van der Waals surface area contributed by atoms with Crippen molar-refractivity contribution in [3.63, 3.8) is 0 Å². The Hall–Kier alpha value is -3.35. The topological polar surface area (TPSA) is 65.3 Å². The minimum Gasteiger partial charge on any atom is -0.494 e. The first-order valence-electron chi connectivity index (χ1n) is 7.89. The Bertz CT molecular complexity index is 1080. The third-order valence-corrected chi connectivity index (χ3v) is 4.14. The highest BCUT2D eigenvalue weighted by Crippen LogP contribution is 2.19. The molecule has 2 aromatic carbocycles. The van der Waals surface area contributed by atoms with Gasteiger partial charge in [0.05, 0.1) is 18.1 Å². The van der Waals surface area contributed by atoms with E-state index in [-0.39, 0.29) is 17.3 Å². The number of carbonyl (C=O) groups is 1. The van der Waals surface area contributed by atoms with Crippen LogP contribution >= 0.6 is 0 Å². The van der Waals surface area contributed by atoms with Crippen LogP contribution in [0.3, 0.4) is 0 Å². The first-order valence-corrected chi connectivity index (χ1v) is 7.89. The summed E-state index contributed by atoms with van der Waals surface area (Å²) in [5.41, 5.74) is 2.47. The van der Waals surface area contributed by atoms with E-state index in [0.717, 1.165) is 11.0 Å². The van der Waals surface area contributed by atoms with E-state index in [9.17, 15) is 14.0 Å². The van der Waals surface area contributed by atoms with Crippen LogP contribution in [0, 0.1) is 5.82 Å². The molecule has 0 aliphatic carbocycles. The van der Waals surface area contributed by atoms with Crippen LogP contribution in [0.15, 0.2) is 47.3 Å². The van der Waals surface area contributed by atoms with Gasteiger partial charge in [-0.1, -0.05) is 6.07 Å². The van der Waals surface area contributed by atoms with Crippen molar-refractivity contribution in [1.82, 2.24) is 9.13 Å². The van der Waals surface area contributed by atoms with Gasteiger partial charge in [-0.05, 0) is 42.0 Å². The normalized spacial score (nSPS) is 11.2. The van der Waals surface area contributed by atoms with Crippen LogP contribution < -0.4 is 15.7 Å². The zero-order valence-corrected chi connectivity index (χ0v) is 14.6. The maximum atomic E-state index is 13.7. The molecule has 0 bridgehead atoms. The van der Waals surface area contributed by atoms with Crippen molar-refractivity contribution in [2.24, 2.45) is 14.1 Å². The molecule has 0 aliphatic rings. The molecule has 26 heavy (non-hydrogen) atoms. The number of amides is 1. The number of imidazole rings is 1. The maximum absolute atomic E-state index is 13.7. The summed E-state index contributed by atoms with van der Waals surface area (Å²) in [5, 5.41) is 2.73. The quantitative estimate of drug-likeness (QED) is 0.732. The summed E-state index contributed by atoms with van der Waals surface area (Å²) < 4.78 is 21.6. The van der Waals surface area contributed by atoms with Crippen molar-refractivity contribution in [2.75, 3.05) is 12.4 Å². The van der Waals surface area contributed by atoms with E-state index in [1.165, 1.54) is 36.0 Å². The van der Waals surface area contributed by atoms with Crippen LogP contribution in [0.1, 0.15) is 5.56 Å². The van der Waals surface area contributed by atoms with Crippen molar-refractivity contribution in [2.45, 2.75) is 0 Å². The zero-order chi connectivity index (χ0) is 18.8. The van der Waals surface area contributed by atoms with E-state index in [1.54, 1.807) is 42.9 Å². The van der Waals surface area contributed by atoms with E-state index in [4.69, 9.17) is 4.74 Å². The zero-order valence-electron chi connectivity index (χ0n) is 14.6. The lowest BCUT2D eigenvalue weighted by Gasteiger charge is -2.04. The summed E-state index contributed by atoms with van der Waals surface area (Å²) in [7, 11) is 4.76. The molecule has 6 nitrogen and oxygen atoms in total. The molecular formula is C19H18FN3O3. The van der Waals surface area contributed by atoms with Gasteiger partial charge >= 0.3 is 5.69 Å². The molecule has 1 amide bonds. The SMILES string of the molecule is COc1ccc(/C=C/C(=O)Nc2ccc3c(c2)n(C)c(=O)n3C)cc1F. The summed E-state index contributed by atoms with van der Waals surface area (Å²) in [4.78, 5) is 24.0. The third kappa shape index (κ3) is 3.23. The fraction of sp³-hybridized carbons (Fsp3) is 0.158. The molecule has 0 radical (unpaired) electrons. The van der Waals surface area contributed by atoms with Gasteiger partial charge in [0.15, 0.2) is 11.6 Å². The standard InChI is InChI=1S/C19H18FN3O3/c1-22-15-7-6-13(11-16(15)23(2)19(22)25)21-18(24)9-5-12-4-8-17(26-3)14(20)10-12/h4-11H,1-3H3,(H,21,24)/b9-5+. The number of fused-ring (bicyclic) bond motifs is 1. The maximum Gasteiger partial charge on any atom is 0.328 e. The Morgan fingerprint density at radius 1 is 1.12 bits per heavy atom. The third-order valence-electron chi connectivity index (χ3n) is 4.14. The molecule has 0 saturated carbocycles. The molecule has 7 heteroatoms. The second-order valence-electron chi connectivity index (χ2n) is 5.82. The first kappa shape index (κ1) is 17.5. The molecule has 0 aliphatic heterocycles. The highest BCUT2D eigenvalue weighted by atomic mass is 19.1. The second-order valence-corrected chi connectivity index (χ2v) is 5.82. The van der Waals surface area contributed by atoms with Crippen molar-refractivity contribution >= 4 is 28.7 Å². The van der Waals surface area contributed by atoms with Gasteiger partial charge in [0.25, 0.3) is 0 Å². The van der Waals surface area contributed by atoms with Gasteiger partial charge in [-0.3, -0.25) is 13.9 Å². The Morgan fingerprint density at radius 2 is 1.85 bits per heavy atom. The van der Waals surface area contributed by atoms with Gasteiger partial charge in [0, 0.05) is 25.9 Å². The van der Waals surface area contributed by atoms with Crippen molar-refractivity contribution in [3.05, 3.63) is 64.3 Å². The van der Waals surface area contributed by atoms with Crippen molar-refractivity contribution < 1.29 is 13.9 Å². The van der Waals surface area contributed by atoms with E-state index < -0.39 is 5.82 Å². The monoisotopic (exact) mass is 355 g/mol. The Kier molecular flexibility index (Phi) is 4.62. The first-order chi connectivity index (χ1) is 12.4. The lowest BCUT2D eigenvalue weighted by Crippen LogP contribution is -2.19. The van der Waals surface area contributed by atoms with Crippen LogP contribution in [0.25, 0.3) is 17.1 Å². The fourth-order valence-electron chi connectivity index (χ4n) is 2.73. The molecule has 0 spiro atoms. The summed E-state index contributed by atoms with van der Waals surface area (Å²) in [5.74, 6) is -0.708. The van der Waals surface area contributed by atoms with Crippen LogP contribution in [0.2, 0.25) is 0 Å². The Labute approximate surface area is 149 Å². The number of rotatable bonds is 4. The molecule has 0 unspecified atom stereocenters. The predicted molar refractivity (Wildman–Crippen MR) is 98.8 cm³/mol. The molecular weight excluding hydrogens is 337 g/mol. The van der Waals surface area contributed by atoms with Gasteiger partial charge in [-0.15, -0.1) is 0 Å². The molecule has 0 atom stereocenters. The highest BCUT2D eigenvalue weighted by molar-refractivity contribution is 6.02. The minimum atomic E-state index is -0.495. The lowest BCUT2D eigenvalue weighted by molar-refractivity contribution is -0.111. The van der Waals surface area contributed by atoms with Crippen LogP contribution in [0.4, 0.5) is 10.1 Å². The van der Waals surface area contributed by atoms with E-state index in [1.807, 2.05) is 0 Å². The molecule has 3 rings (SSSR count). The number of benzene rings is 2. The molecule has 1 aromatic heterocycles. The average Bonchev–Trinajstić information content (AvgIpc) is 2.84. The highest BCUT2D eigenvalue weighted by Gasteiger charge is 2.09. The number of ether oxygens (including phenoxy) is 1. The van der Waals surface area contributed by atoms with Gasteiger partial charge in [-0.2, -0.15) is 0 Å². The van der Waals surface area contributed by atoms with E-state index in [2.05, 4.69) is 5.32 Å². The number of hydrogen-bond acceptors (Lipinski definition) is 3.